The first-order valence-electron chi connectivity index (χ1n) is 18.2. The van der Waals surface area contributed by atoms with Crippen LogP contribution in [0.3, 0.4) is 0 Å². The summed E-state index contributed by atoms with van der Waals surface area (Å²) in [6.07, 6.45) is 54.3. The maximum atomic E-state index is 12.6. The van der Waals surface area contributed by atoms with Crippen LogP contribution in [0.5, 0.6) is 0 Å². The summed E-state index contributed by atoms with van der Waals surface area (Å²) in [5.41, 5.74) is 0. The second-order valence-corrected chi connectivity index (χ2v) is 11.6. The number of hydrogen-bond donors (Lipinski definition) is 1. The van der Waals surface area contributed by atoms with E-state index in [-0.39, 0.29) is 18.5 Å². The Morgan fingerprint density at radius 1 is 0.500 bits per heavy atom. The van der Waals surface area contributed by atoms with Gasteiger partial charge < -0.3 is 9.84 Å². The first-order chi connectivity index (χ1) is 22.6. The van der Waals surface area contributed by atoms with Gasteiger partial charge in [-0.25, -0.2) is 0 Å². The molecule has 0 rings (SSSR count). The van der Waals surface area contributed by atoms with Crippen LogP contribution in [0.2, 0.25) is 0 Å². The summed E-state index contributed by atoms with van der Waals surface area (Å²) in [6, 6.07) is 0. The molecule has 0 heterocycles. The van der Waals surface area contributed by atoms with Crippen molar-refractivity contribution < 1.29 is 19.4 Å². The molecule has 1 unspecified atom stereocenters. The number of aliphatic carboxylic acids is 1. The van der Waals surface area contributed by atoms with E-state index in [9.17, 15) is 9.59 Å². The average molecular weight is 635 g/mol. The molecule has 0 aliphatic carbocycles. The minimum absolute atomic E-state index is 0.104. The minimum Gasteiger partial charge on any atom is -0.481 e. The fraction of sp³-hybridized carbons (Fsp3) is 0.571. The first-order valence-corrected chi connectivity index (χ1v) is 18.2. The van der Waals surface area contributed by atoms with Crippen LogP contribution in [0, 0.1) is 0 Å². The summed E-state index contributed by atoms with van der Waals surface area (Å²) in [4.78, 5) is 23.3. The molecule has 0 aromatic rings. The first kappa shape index (κ1) is 42.9. The molecular formula is C42H66O4. The van der Waals surface area contributed by atoms with E-state index in [1.165, 1.54) is 0 Å². The molecule has 46 heavy (non-hydrogen) atoms. The van der Waals surface area contributed by atoms with Crippen molar-refractivity contribution in [1.82, 2.24) is 0 Å². The van der Waals surface area contributed by atoms with Crippen molar-refractivity contribution in [2.75, 3.05) is 0 Å². The molecule has 4 heteroatoms. The van der Waals surface area contributed by atoms with Crippen molar-refractivity contribution in [2.45, 2.75) is 155 Å². The Balaban J connectivity index is 4.27. The topological polar surface area (TPSA) is 63.6 Å². The maximum absolute atomic E-state index is 12.6. The number of rotatable bonds is 31. The Morgan fingerprint density at radius 3 is 1.43 bits per heavy atom. The summed E-state index contributed by atoms with van der Waals surface area (Å²) in [7, 11) is 0. The zero-order chi connectivity index (χ0) is 33.6. The Hall–Kier alpha value is -3.14. The molecule has 0 aliphatic rings. The number of ether oxygens (including phenoxy) is 1. The molecule has 0 radical (unpaired) electrons. The monoisotopic (exact) mass is 634 g/mol. The second-order valence-electron chi connectivity index (χ2n) is 11.6. The lowest BCUT2D eigenvalue weighted by Gasteiger charge is -2.14. The van der Waals surface area contributed by atoms with Crippen LogP contribution in [0.15, 0.2) is 97.2 Å². The van der Waals surface area contributed by atoms with E-state index in [1.54, 1.807) is 0 Å². The largest absolute Gasteiger partial charge is 0.481 e. The van der Waals surface area contributed by atoms with Crippen molar-refractivity contribution in [1.29, 1.82) is 0 Å². The number of esters is 1. The standard InChI is InChI=1S/C42H66O4/c1-3-5-7-9-11-13-15-16-17-18-19-20-22-24-26-31-35-39-42(45)46-40(37-33-29-27-30-34-38-41(43)44)36-32-28-25-23-21-14-12-10-8-6-4-2/h5-8,11-14,16-17,19-20,23,25,32,36,40H,3-4,9-10,15,18,21-22,24,26-31,33-35,37-39H2,1-2H3,(H,43,44)/b7-5-,8-6-,13-11-,14-12-,17-16-,20-19-,25-23-,36-32-. The van der Waals surface area contributed by atoms with Crippen molar-refractivity contribution >= 4 is 11.9 Å². The third-order valence-electron chi connectivity index (χ3n) is 7.29. The Morgan fingerprint density at radius 2 is 0.913 bits per heavy atom. The Labute approximate surface area is 282 Å². The highest BCUT2D eigenvalue weighted by molar-refractivity contribution is 5.69. The van der Waals surface area contributed by atoms with Crippen LogP contribution in [0.25, 0.3) is 0 Å². The minimum atomic E-state index is -0.725. The van der Waals surface area contributed by atoms with Gasteiger partial charge in [0.1, 0.15) is 6.10 Å². The highest BCUT2D eigenvalue weighted by Crippen LogP contribution is 2.14. The van der Waals surface area contributed by atoms with Gasteiger partial charge in [0.2, 0.25) is 0 Å². The van der Waals surface area contributed by atoms with Crippen molar-refractivity contribution in [3.63, 3.8) is 0 Å². The molecule has 0 aromatic carbocycles. The van der Waals surface area contributed by atoms with Gasteiger partial charge in [-0.05, 0) is 96.0 Å². The molecule has 0 fully saturated rings. The third-order valence-corrected chi connectivity index (χ3v) is 7.29. The zero-order valence-electron chi connectivity index (χ0n) is 29.3. The maximum Gasteiger partial charge on any atom is 0.306 e. The van der Waals surface area contributed by atoms with E-state index < -0.39 is 5.97 Å². The molecule has 4 nitrogen and oxygen atoms in total. The van der Waals surface area contributed by atoms with Crippen LogP contribution in [-0.2, 0) is 14.3 Å². The number of carboxylic acids is 1. The summed E-state index contributed by atoms with van der Waals surface area (Å²) < 4.78 is 5.86. The molecule has 258 valence electrons. The highest BCUT2D eigenvalue weighted by Gasteiger charge is 2.11. The third kappa shape index (κ3) is 35.3. The number of allylic oxidation sites excluding steroid dienone is 15. The van der Waals surface area contributed by atoms with E-state index in [1.807, 2.05) is 6.08 Å². The van der Waals surface area contributed by atoms with Gasteiger partial charge in [0.05, 0.1) is 0 Å². The molecule has 0 saturated carbocycles. The average Bonchev–Trinajstić information content (AvgIpc) is 3.04. The van der Waals surface area contributed by atoms with E-state index in [0.717, 1.165) is 122 Å². The van der Waals surface area contributed by atoms with E-state index >= 15 is 0 Å². The van der Waals surface area contributed by atoms with Gasteiger partial charge in [-0.1, -0.05) is 137 Å². The van der Waals surface area contributed by atoms with Crippen LogP contribution in [0.4, 0.5) is 0 Å². The van der Waals surface area contributed by atoms with E-state index in [4.69, 9.17) is 9.84 Å². The van der Waals surface area contributed by atoms with Crippen molar-refractivity contribution in [3.05, 3.63) is 97.2 Å². The molecule has 0 aromatic heterocycles. The van der Waals surface area contributed by atoms with Gasteiger partial charge >= 0.3 is 11.9 Å². The van der Waals surface area contributed by atoms with Gasteiger partial charge in [-0.15, -0.1) is 0 Å². The fourth-order valence-electron chi connectivity index (χ4n) is 4.67. The molecule has 0 saturated heterocycles. The molecule has 0 amide bonds. The summed E-state index contributed by atoms with van der Waals surface area (Å²) in [5, 5.41) is 8.79. The number of carbonyl (C=O) groups is 2. The quantitative estimate of drug-likeness (QED) is 0.0468. The predicted octanol–water partition coefficient (Wildman–Crippen LogP) is 12.7. The van der Waals surface area contributed by atoms with E-state index in [0.29, 0.717) is 6.42 Å². The van der Waals surface area contributed by atoms with Crippen LogP contribution < -0.4 is 0 Å². The van der Waals surface area contributed by atoms with Gasteiger partial charge in [-0.2, -0.15) is 0 Å². The number of carbonyl (C=O) groups excluding carboxylic acids is 1. The summed E-state index contributed by atoms with van der Waals surface area (Å²) in [5.74, 6) is -0.829. The van der Waals surface area contributed by atoms with Crippen LogP contribution in [0.1, 0.15) is 149 Å². The molecule has 0 bridgehead atoms. The molecule has 0 aliphatic heterocycles. The summed E-state index contributed by atoms with van der Waals surface area (Å²) >= 11 is 0. The Kier molecular flexibility index (Phi) is 33.8. The highest BCUT2D eigenvalue weighted by atomic mass is 16.5. The van der Waals surface area contributed by atoms with Crippen molar-refractivity contribution in [2.24, 2.45) is 0 Å². The van der Waals surface area contributed by atoms with Crippen molar-refractivity contribution in [3.8, 4) is 0 Å². The summed E-state index contributed by atoms with van der Waals surface area (Å²) in [6.45, 7) is 4.30. The normalized spacial score (nSPS) is 13.4. The lowest BCUT2D eigenvalue weighted by atomic mass is 10.1. The van der Waals surface area contributed by atoms with Crippen LogP contribution in [-0.4, -0.2) is 23.1 Å². The number of unbranched alkanes of at least 4 members (excludes halogenated alkanes) is 8. The zero-order valence-corrected chi connectivity index (χ0v) is 29.3. The Bertz CT molecular complexity index is 945. The van der Waals surface area contributed by atoms with Gasteiger partial charge in [0.15, 0.2) is 0 Å². The fourth-order valence-corrected chi connectivity index (χ4v) is 4.67. The number of hydrogen-bond acceptors (Lipinski definition) is 3. The lowest BCUT2D eigenvalue weighted by molar-refractivity contribution is -0.147. The predicted molar refractivity (Wildman–Crippen MR) is 199 cm³/mol. The second kappa shape index (κ2) is 36.3. The lowest BCUT2D eigenvalue weighted by Crippen LogP contribution is -2.16. The molecule has 1 atom stereocenters. The molecule has 0 spiro atoms. The number of carboxylic acid groups (broad SMARTS) is 1. The smallest absolute Gasteiger partial charge is 0.306 e. The molecular weight excluding hydrogens is 568 g/mol. The van der Waals surface area contributed by atoms with Gasteiger partial charge in [0, 0.05) is 12.8 Å². The van der Waals surface area contributed by atoms with E-state index in [2.05, 4.69) is 105 Å². The molecule has 1 N–H and O–H groups in total. The van der Waals surface area contributed by atoms with Crippen LogP contribution >= 0.6 is 0 Å². The SMILES string of the molecule is CC/C=C\C/C=C\C/C=C\C/C=C\CCCCCCC(=O)OC(/C=C\C/C=C\C/C=C\C/C=C\CC)CCCCCCCC(=O)O. The van der Waals surface area contributed by atoms with Gasteiger partial charge in [-0.3, -0.25) is 9.59 Å². The van der Waals surface area contributed by atoms with Gasteiger partial charge in [0.25, 0.3) is 0 Å².